The molecule has 1 atom stereocenters. The van der Waals surface area contributed by atoms with Gasteiger partial charge < -0.3 is 20.7 Å². The van der Waals surface area contributed by atoms with E-state index in [0.29, 0.717) is 24.2 Å². The van der Waals surface area contributed by atoms with Crippen LogP contribution in [0.1, 0.15) is 22.3 Å². The molecule has 2 aromatic carbocycles. The van der Waals surface area contributed by atoms with Gasteiger partial charge in [-0.2, -0.15) is 0 Å². The Morgan fingerprint density at radius 2 is 1.76 bits per heavy atom. The van der Waals surface area contributed by atoms with Gasteiger partial charge in [0.25, 0.3) is 5.91 Å². The van der Waals surface area contributed by atoms with Gasteiger partial charge >= 0.3 is 6.03 Å². The van der Waals surface area contributed by atoms with Crippen molar-refractivity contribution in [1.82, 2.24) is 10.6 Å². The Labute approximate surface area is 169 Å². The summed E-state index contributed by atoms with van der Waals surface area (Å²) in [5.41, 5.74) is 1.92. The predicted molar refractivity (Wildman–Crippen MR) is 110 cm³/mol. The average Bonchev–Trinajstić information content (AvgIpc) is 3.05. The molecule has 1 saturated heterocycles. The van der Waals surface area contributed by atoms with Crippen LogP contribution in [0.25, 0.3) is 0 Å². The fourth-order valence-corrected chi connectivity index (χ4v) is 4.67. The van der Waals surface area contributed by atoms with Crippen LogP contribution in [0.15, 0.2) is 48.5 Å². The third-order valence-corrected chi connectivity index (χ3v) is 6.35. The van der Waals surface area contributed by atoms with Gasteiger partial charge in [0.05, 0.1) is 18.6 Å². The fourth-order valence-electron chi connectivity index (χ4n) is 2.99. The Balaban J connectivity index is 1.48. The maximum Gasteiger partial charge on any atom is 0.319 e. The lowest BCUT2D eigenvalue weighted by molar-refractivity contribution is 0.0951. The molecule has 154 valence electrons. The normalized spacial score (nSPS) is 17.3. The third kappa shape index (κ3) is 5.95. The largest absolute Gasteiger partial charge is 0.497 e. The number of carbonyl (C=O) groups is 2. The SMILES string of the molecule is COc1ccc(CNC(=O)c2ccc(NC(=O)N[C@H]3CCS(=O)(=O)C3)cc2)cc1. The summed E-state index contributed by atoms with van der Waals surface area (Å²) in [6.07, 6.45) is 0.420. The second-order valence-corrected chi connectivity index (χ2v) is 9.04. The molecule has 0 unspecified atom stereocenters. The number of methoxy groups -OCH3 is 1. The second-order valence-electron chi connectivity index (χ2n) is 6.81. The number of amides is 3. The Hall–Kier alpha value is -3.07. The van der Waals surface area contributed by atoms with Gasteiger partial charge in [-0.3, -0.25) is 4.79 Å². The fraction of sp³-hybridized carbons (Fsp3) is 0.300. The quantitative estimate of drug-likeness (QED) is 0.665. The van der Waals surface area contributed by atoms with Crippen molar-refractivity contribution in [3.05, 3.63) is 59.7 Å². The van der Waals surface area contributed by atoms with Gasteiger partial charge in [0.15, 0.2) is 9.84 Å². The highest BCUT2D eigenvalue weighted by atomic mass is 32.2. The zero-order chi connectivity index (χ0) is 20.9. The number of sulfone groups is 1. The van der Waals surface area contributed by atoms with Gasteiger partial charge in [-0.05, 0) is 48.4 Å². The van der Waals surface area contributed by atoms with Crippen LogP contribution in [0.4, 0.5) is 10.5 Å². The van der Waals surface area contributed by atoms with Crippen molar-refractivity contribution in [2.75, 3.05) is 23.9 Å². The summed E-state index contributed by atoms with van der Waals surface area (Å²) in [5.74, 6) is 0.584. The van der Waals surface area contributed by atoms with Gasteiger partial charge in [-0.1, -0.05) is 12.1 Å². The number of nitrogens with one attached hydrogen (secondary N) is 3. The molecule has 1 heterocycles. The second kappa shape index (κ2) is 8.95. The van der Waals surface area contributed by atoms with Crippen LogP contribution in [-0.4, -0.2) is 45.0 Å². The summed E-state index contributed by atoms with van der Waals surface area (Å²) in [6.45, 7) is 0.384. The number of urea groups is 1. The average molecular weight is 417 g/mol. The molecular formula is C20H23N3O5S. The lowest BCUT2D eigenvalue weighted by atomic mass is 10.1. The standard InChI is InChI=1S/C20H23N3O5S/c1-28-18-8-2-14(3-9-18)12-21-19(24)15-4-6-16(7-5-15)22-20(25)23-17-10-11-29(26,27)13-17/h2-9,17H,10-13H2,1H3,(H,21,24)(H2,22,23,25)/t17-/m0/s1. The molecule has 0 spiro atoms. The van der Waals surface area contributed by atoms with E-state index in [1.165, 1.54) is 0 Å². The first kappa shape index (κ1) is 20.7. The lowest BCUT2D eigenvalue weighted by Crippen LogP contribution is -2.38. The maximum atomic E-state index is 12.3. The molecule has 8 nitrogen and oxygen atoms in total. The number of hydrogen-bond acceptors (Lipinski definition) is 5. The van der Waals surface area contributed by atoms with E-state index < -0.39 is 15.9 Å². The maximum absolute atomic E-state index is 12.3. The summed E-state index contributed by atoms with van der Waals surface area (Å²) < 4.78 is 28.0. The van der Waals surface area contributed by atoms with Gasteiger partial charge in [0.2, 0.25) is 0 Å². The highest BCUT2D eigenvalue weighted by Crippen LogP contribution is 2.14. The van der Waals surface area contributed by atoms with Gasteiger partial charge in [-0.25, -0.2) is 13.2 Å². The topological polar surface area (TPSA) is 114 Å². The third-order valence-electron chi connectivity index (χ3n) is 4.58. The molecule has 9 heteroatoms. The van der Waals surface area contributed by atoms with Crippen molar-refractivity contribution in [3.63, 3.8) is 0 Å². The van der Waals surface area contributed by atoms with E-state index in [9.17, 15) is 18.0 Å². The van der Waals surface area contributed by atoms with Crippen LogP contribution >= 0.6 is 0 Å². The zero-order valence-electron chi connectivity index (χ0n) is 16.0. The molecule has 0 bridgehead atoms. The Morgan fingerprint density at radius 1 is 1.07 bits per heavy atom. The molecule has 29 heavy (non-hydrogen) atoms. The molecule has 1 aliphatic heterocycles. The van der Waals surface area contributed by atoms with E-state index in [2.05, 4.69) is 16.0 Å². The minimum Gasteiger partial charge on any atom is -0.497 e. The molecule has 3 amide bonds. The van der Waals surface area contributed by atoms with Crippen molar-refractivity contribution >= 4 is 27.5 Å². The van der Waals surface area contributed by atoms with Crippen LogP contribution in [0, 0.1) is 0 Å². The first-order valence-corrected chi connectivity index (χ1v) is 11.0. The molecule has 3 N–H and O–H groups in total. The van der Waals surface area contributed by atoms with Crippen molar-refractivity contribution in [1.29, 1.82) is 0 Å². The summed E-state index contributed by atoms with van der Waals surface area (Å²) in [7, 11) is -1.46. The highest BCUT2D eigenvalue weighted by Gasteiger charge is 2.28. The Kier molecular flexibility index (Phi) is 6.38. The first-order chi connectivity index (χ1) is 13.8. The van der Waals surface area contributed by atoms with Crippen molar-refractivity contribution in [3.8, 4) is 5.75 Å². The Bertz CT molecular complexity index is 972. The monoisotopic (exact) mass is 417 g/mol. The van der Waals surface area contributed by atoms with Crippen LogP contribution < -0.4 is 20.7 Å². The van der Waals surface area contributed by atoms with Crippen LogP contribution in [0.2, 0.25) is 0 Å². The highest BCUT2D eigenvalue weighted by molar-refractivity contribution is 7.91. The van der Waals surface area contributed by atoms with Crippen LogP contribution in [-0.2, 0) is 16.4 Å². The molecule has 0 saturated carbocycles. The van der Waals surface area contributed by atoms with Gasteiger partial charge in [0.1, 0.15) is 5.75 Å². The molecule has 1 fully saturated rings. The summed E-state index contributed by atoms with van der Waals surface area (Å²) >= 11 is 0. The minimum absolute atomic E-state index is 0.0340. The van der Waals surface area contributed by atoms with E-state index >= 15 is 0 Å². The number of ether oxygens (including phenoxy) is 1. The molecule has 1 aliphatic rings. The number of benzene rings is 2. The smallest absolute Gasteiger partial charge is 0.319 e. The van der Waals surface area contributed by atoms with E-state index in [4.69, 9.17) is 4.74 Å². The molecule has 2 aromatic rings. The summed E-state index contributed by atoms with van der Waals surface area (Å²) in [4.78, 5) is 24.3. The molecule has 0 aromatic heterocycles. The molecule has 3 rings (SSSR count). The molecular weight excluding hydrogens is 394 g/mol. The predicted octanol–water partition coefficient (Wildman–Crippen LogP) is 1.93. The van der Waals surface area contributed by atoms with E-state index in [0.717, 1.165) is 11.3 Å². The van der Waals surface area contributed by atoms with E-state index in [1.807, 2.05) is 24.3 Å². The van der Waals surface area contributed by atoms with E-state index in [-0.39, 0.29) is 23.5 Å². The van der Waals surface area contributed by atoms with E-state index in [1.54, 1.807) is 31.4 Å². The van der Waals surface area contributed by atoms with Crippen molar-refractivity contribution in [2.24, 2.45) is 0 Å². The van der Waals surface area contributed by atoms with Crippen molar-refractivity contribution in [2.45, 2.75) is 19.0 Å². The minimum atomic E-state index is -3.05. The van der Waals surface area contributed by atoms with Crippen LogP contribution in [0.3, 0.4) is 0 Å². The first-order valence-electron chi connectivity index (χ1n) is 9.14. The number of rotatable bonds is 6. The number of hydrogen-bond donors (Lipinski definition) is 3. The summed E-state index contributed by atoms with van der Waals surface area (Å²) in [5, 5.41) is 8.12. The molecule has 0 radical (unpaired) electrons. The van der Waals surface area contributed by atoms with Crippen LogP contribution in [0.5, 0.6) is 5.75 Å². The lowest BCUT2D eigenvalue weighted by Gasteiger charge is -2.12. The number of carbonyl (C=O) groups excluding carboxylic acids is 2. The van der Waals surface area contributed by atoms with Gasteiger partial charge in [0, 0.05) is 23.8 Å². The molecule has 0 aliphatic carbocycles. The van der Waals surface area contributed by atoms with Gasteiger partial charge in [-0.15, -0.1) is 0 Å². The Morgan fingerprint density at radius 3 is 2.34 bits per heavy atom. The zero-order valence-corrected chi connectivity index (χ0v) is 16.8. The number of anilines is 1. The van der Waals surface area contributed by atoms with Crippen molar-refractivity contribution < 1.29 is 22.7 Å². The summed E-state index contributed by atoms with van der Waals surface area (Å²) in [6, 6.07) is 13.0.